The summed E-state index contributed by atoms with van der Waals surface area (Å²) in [5.41, 5.74) is 0.976. The van der Waals surface area contributed by atoms with Crippen molar-refractivity contribution in [3.8, 4) is 11.4 Å². The van der Waals surface area contributed by atoms with Crippen molar-refractivity contribution in [1.82, 2.24) is 9.36 Å². The van der Waals surface area contributed by atoms with E-state index in [1.54, 1.807) is 0 Å². The van der Waals surface area contributed by atoms with E-state index in [-0.39, 0.29) is 5.12 Å². The van der Waals surface area contributed by atoms with Crippen molar-refractivity contribution in [2.75, 3.05) is 0 Å². The van der Waals surface area contributed by atoms with Crippen molar-refractivity contribution < 1.29 is 4.79 Å². The lowest BCUT2D eigenvalue weighted by atomic mass is 10.2. The lowest BCUT2D eigenvalue weighted by Gasteiger charge is -1.91. The fourth-order valence-electron chi connectivity index (χ4n) is 1.08. The molecule has 0 fully saturated rings. The third-order valence-electron chi connectivity index (χ3n) is 1.67. The van der Waals surface area contributed by atoms with Crippen molar-refractivity contribution in [1.29, 1.82) is 0 Å². The van der Waals surface area contributed by atoms with E-state index in [4.69, 9.17) is 0 Å². The summed E-state index contributed by atoms with van der Waals surface area (Å²) in [4.78, 5) is 15.1. The van der Waals surface area contributed by atoms with Gasteiger partial charge < -0.3 is 0 Å². The molecule has 0 radical (unpaired) electrons. The van der Waals surface area contributed by atoms with Gasteiger partial charge in [-0.2, -0.15) is 4.37 Å². The van der Waals surface area contributed by atoms with Crippen LogP contribution < -0.4 is 0 Å². The van der Waals surface area contributed by atoms with Gasteiger partial charge >= 0.3 is 0 Å². The van der Waals surface area contributed by atoms with E-state index in [2.05, 4.69) is 9.36 Å². The maximum absolute atomic E-state index is 10.9. The first-order chi connectivity index (χ1) is 7.25. The van der Waals surface area contributed by atoms with Gasteiger partial charge in [-0.15, -0.1) is 0 Å². The number of rotatable bonds is 2. The zero-order chi connectivity index (χ0) is 10.7. The van der Waals surface area contributed by atoms with Gasteiger partial charge in [-0.1, -0.05) is 30.3 Å². The van der Waals surface area contributed by atoms with Gasteiger partial charge in [-0.3, -0.25) is 4.79 Å². The molecule has 0 unspecified atom stereocenters. The first-order valence-electron chi connectivity index (χ1n) is 4.33. The number of nitrogens with zero attached hydrogens (tertiary/aromatic N) is 2. The van der Waals surface area contributed by atoms with E-state index in [1.165, 1.54) is 18.5 Å². The zero-order valence-corrected chi connectivity index (χ0v) is 9.64. The Kier molecular flexibility index (Phi) is 3.13. The highest BCUT2D eigenvalue weighted by Gasteiger charge is 2.07. The van der Waals surface area contributed by atoms with E-state index < -0.39 is 0 Å². The lowest BCUT2D eigenvalue weighted by Crippen LogP contribution is -1.81. The fraction of sp³-hybridized carbons (Fsp3) is 0.100. The van der Waals surface area contributed by atoms with Crippen LogP contribution in [0.25, 0.3) is 11.4 Å². The van der Waals surface area contributed by atoms with Gasteiger partial charge in [0.25, 0.3) is 0 Å². The number of hydrogen-bond acceptors (Lipinski definition) is 5. The van der Waals surface area contributed by atoms with Gasteiger partial charge in [-0.05, 0) is 23.3 Å². The maximum atomic E-state index is 10.9. The summed E-state index contributed by atoms with van der Waals surface area (Å²) in [5.74, 6) is 0.685. The molecule has 0 saturated heterocycles. The van der Waals surface area contributed by atoms with E-state index in [9.17, 15) is 4.79 Å². The van der Waals surface area contributed by atoms with Crippen LogP contribution in [0, 0.1) is 0 Å². The van der Waals surface area contributed by atoms with Crippen LogP contribution in [0.2, 0.25) is 0 Å². The molecule has 0 bridgehead atoms. The molecule has 76 valence electrons. The molecule has 0 spiro atoms. The molecule has 1 heterocycles. The van der Waals surface area contributed by atoms with Gasteiger partial charge in [0.05, 0.1) is 0 Å². The molecular formula is C10H8N2OS2. The zero-order valence-electron chi connectivity index (χ0n) is 8.01. The molecule has 0 aliphatic rings. The largest absolute Gasteiger partial charge is 0.287 e. The van der Waals surface area contributed by atoms with Crippen molar-refractivity contribution in [3.63, 3.8) is 0 Å². The summed E-state index contributed by atoms with van der Waals surface area (Å²) in [6.45, 7) is 1.52. The summed E-state index contributed by atoms with van der Waals surface area (Å²) < 4.78 is 4.89. The molecule has 1 aromatic heterocycles. The number of aromatic nitrogens is 2. The van der Waals surface area contributed by atoms with Crippen molar-refractivity contribution in [3.05, 3.63) is 30.3 Å². The second-order valence-electron chi connectivity index (χ2n) is 2.84. The number of hydrogen-bond donors (Lipinski definition) is 0. The summed E-state index contributed by atoms with van der Waals surface area (Å²) in [6, 6.07) is 9.72. The van der Waals surface area contributed by atoms with E-state index in [1.807, 2.05) is 30.3 Å². The standard InChI is InChI=1S/C10H8N2OS2/c1-7(13)14-10-11-9(12-15-10)8-5-3-2-4-6-8/h2-6H,1H3. The van der Waals surface area contributed by atoms with Crippen LogP contribution in [-0.2, 0) is 4.79 Å². The molecule has 2 aromatic rings. The van der Waals surface area contributed by atoms with Crippen LogP contribution in [0.3, 0.4) is 0 Å². The Hall–Kier alpha value is -1.20. The van der Waals surface area contributed by atoms with E-state index in [0.717, 1.165) is 17.3 Å². The lowest BCUT2D eigenvalue weighted by molar-refractivity contribution is -0.109. The second kappa shape index (κ2) is 4.55. The molecule has 0 saturated carbocycles. The second-order valence-corrected chi connectivity index (χ2v) is 5.02. The number of carbonyl (C=O) groups is 1. The average Bonchev–Trinajstić information content (AvgIpc) is 2.67. The smallest absolute Gasteiger partial charge is 0.192 e. The highest BCUT2D eigenvalue weighted by Crippen LogP contribution is 2.25. The highest BCUT2D eigenvalue weighted by molar-refractivity contribution is 8.14. The van der Waals surface area contributed by atoms with Crippen molar-refractivity contribution in [2.45, 2.75) is 11.3 Å². The molecule has 5 heteroatoms. The Bertz CT molecular complexity index is 467. The number of benzene rings is 1. The molecule has 3 nitrogen and oxygen atoms in total. The Balaban J connectivity index is 2.24. The maximum Gasteiger partial charge on any atom is 0.192 e. The van der Waals surface area contributed by atoms with Gasteiger partial charge in [0, 0.05) is 12.5 Å². The highest BCUT2D eigenvalue weighted by atomic mass is 32.2. The van der Waals surface area contributed by atoms with E-state index in [0.29, 0.717) is 10.2 Å². The topological polar surface area (TPSA) is 42.9 Å². The monoisotopic (exact) mass is 236 g/mol. The molecule has 2 rings (SSSR count). The Morgan fingerprint density at radius 1 is 1.33 bits per heavy atom. The Morgan fingerprint density at radius 3 is 2.73 bits per heavy atom. The van der Waals surface area contributed by atoms with Crippen LogP contribution in [0.4, 0.5) is 0 Å². The predicted molar refractivity (Wildman–Crippen MR) is 61.9 cm³/mol. The third kappa shape index (κ3) is 2.64. The van der Waals surface area contributed by atoms with Gasteiger partial charge in [0.2, 0.25) is 0 Å². The van der Waals surface area contributed by atoms with Crippen LogP contribution in [0.15, 0.2) is 34.7 Å². The number of thioether (sulfide) groups is 1. The summed E-state index contributed by atoms with van der Waals surface area (Å²) in [7, 11) is 0. The first kappa shape index (κ1) is 10.3. The fourth-order valence-corrected chi connectivity index (χ4v) is 2.51. The number of carbonyl (C=O) groups excluding carboxylic acids is 1. The molecule has 0 aliphatic carbocycles. The molecule has 15 heavy (non-hydrogen) atoms. The SMILES string of the molecule is CC(=O)Sc1nc(-c2ccccc2)ns1. The molecule has 0 N–H and O–H groups in total. The van der Waals surface area contributed by atoms with E-state index >= 15 is 0 Å². The predicted octanol–water partition coefficient (Wildman–Crippen LogP) is 2.84. The minimum absolute atomic E-state index is 0.0331. The van der Waals surface area contributed by atoms with Crippen LogP contribution >= 0.6 is 23.3 Å². The van der Waals surface area contributed by atoms with Gasteiger partial charge in [0.15, 0.2) is 15.3 Å². The summed E-state index contributed by atoms with van der Waals surface area (Å²) >= 11 is 2.37. The average molecular weight is 236 g/mol. The summed E-state index contributed by atoms with van der Waals surface area (Å²) in [6.07, 6.45) is 0. The summed E-state index contributed by atoms with van der Waals surface area (Å²) in [5, 5.41) is 0.0331. The Morgan fingerprint density at radius 2 is 2.07 bits per heavy atom. The minimum Gasteiger partial charge on any atom is -0.287 e. The van der Waals surface area contributed by atoms with Crippen LogP contribution in [-0.4, -0.2) is 14.5 Å². The van der Waals surface area contributed by atoms with Gasteiger partial charge in [0.1, 0.15) is 0 Å². The molecule has 0 amide bonds. The van der Waals surface area contributed by atoms with Crippen molar-refractivity contribution >= 4 is 28.4 Å². The van der Waals surface area contributed by atoms with Crippen molar-refractivity contribution in [2.24, 2.45) is 0 Å². The first-order valence-corrected chi connectivity index (χ1v) is 5.92. The normalized spacial score (nSPS) is 10.2. The molecular weight excluding hydrogens is 228 g/mol. The molecule has 0 atom stereocenters. The third-order valence-corrected chi connectivity index (χ3v) is 3.21. The van der Waals surface area contributed by atoms with Crippen LogP contribution in [0.1, 0.15) is 6.92 Å². The Labute approximate surface area is 95.7 Å². The quantitative estimate of drug-likeness (QED) is 0.752. The van der Waals surface area contributed by atoms with Gasteiger partial charge in [-0.25, -0.2) is 4.98 Å². The molecule has 0 aliphatic heterocycles. The van der Waals surface area contributed by atoms with Crippen LogP contribution in [0.5, 0.6) is 0 Å². The molecule has 1 aromatic carbocycles. The minimum atomic E-state index is 0.0331.